The van der Waals surface area contributed by atoms with E-state index in [1.165, 1.54) is 32.1 Å². The zero-order valence-corrected chi connectivity index (χ0v) is 9.04. The second-order valence-corrected chi connectivity index (χ2v) is 4.30. The van der Waals surface area contributed by atoms with Crippen molar-refractivity contribution in [2.24, 2.45) is 11.0 Å². The van der Waals surface area contributed by atoms with Crippen LogP contribution in [0.3, 0.4) is 0 Å². The Bertz CT molecular complexity index is 308. The molecule has 0 aromatic carbocycles. The molecule has 16 heavy (non-hydrogen) atoms. The summed E-state index contributed by atoms with van der Waals surface area (Å²) >= 11 is 0. The fourth-order valence-electron chi connectivity index (χ4n) is 2.39. The molecule has 0 N–H and O–H groups in total. The molecule has 6 heteroatoms. The Morgan fingerprint density at radius 3 is 2.88 bits per heavy atom. The van der Waals surface area contributed by atoms with E-state index >= 15 is 0 Å². The molecule has 2 atom stereocenters. The number of carbonyl (C=O) groups is 1. The van der Waals surface area contributed by atoms with Crippen molar-refractivity contribution in [2.75, 3.05) is 6.61 Å². The molecule has 0 aromatic heterocycles. The Labute approximate surface area is 93.5 Å². The molecule has 1 saturated heterocycles. The highest BCUT2D eigenvalue weighted by atomic mass is 16.6. The van der Waals surface area contributed by atoms with Crippen LogP contribution in [0.15, 0.2) is 5.11 Å². The van der Waals surface area contributed by atoms with Crippen LogP contribution in [-0.2, 0) is 9.47 Å². The van der Waals surface area contributed by atoms with Gasteiger partial charge in [-0.05, 0) is 24.3 Å². The first-order valence-corrected chi connectivity index (χ1v) is 5.68. The van der Waals surface area contributed by atoms with Crippen molar-refractivity contribution in [1.82, 2.24) is 0 Å². The van der Waals surface area contributed by atoms with Crippen LogP contribution in [0, 0.1) is 5.92 Å². The Morgan fingerprint density at radius 1 is 1.44 bits per heavy atom. The van der Waals surface area contributed by atoms with Gasteiger partial charge in [0.25, 0.3) is 0 Å². The summed E-state index contributed by atoms with van der Waals surface area (Å²) in [6.45, 7) is 0.207. The lowest BCUT2D eigenvalue weighted by Crippen LogP contribution is -2.17. The Balaban J connectivity index is 1.66. The number of nitrogens with zero attached hydrogens (tertiary/aromatic N) is 3. The molecule has 88 valence electrons. The quantitative estimate of drug-likeness (QED) is 0.320. The van der Waals surface area contributed by atoms with Crippen molar-refractivity contribution < 1.29 is 14.3 Å². The zero-order valence-electron chi connectivity index (χ0n) is 9.04. The van der Waals surface area contributed by atoms with Gasteiger partial charge < -0.3 is 9.47 Å². The van der Waals surface area contributed by atoms with Gasteiger partial charge in [0.05, 0.1) is 6.10 Å². The molecule has 6 nitrogen and oxygen atoms in total. The lowest BCUT2D eigenvalue weighted by atomic mass is 9.86. The van der Waals surface area contributed by atoms with Crippen LogP contribution in [0.25, 0.3) is 10.4 Å². The first kappa shape index (κ1) is 11.2. The van der Waals surface area contributed by atoms with Gasteiger partial charge >= 0.3 is 6.09 Å². The largest absolute Gasteiger partial charge is 0.458 e. The number of amides is 1. The van der Waals surface area contributed by atoms with Gasteiger partial charge in [0.15, 0.2) is 0 Å². The molecule has 1 amide bonds. The van der Waals surface area contributed by atoms with E-state index in [2.05, 4.69) is 10.0 Å². The maximum atomic E-state index is 10.8. The van der Waals surface area contributed by atoms with Crippen LogP contribution >= 0.6 is 0 Å². The van der Waals surface area contributed by atoms with Crippen molar-refractivity contribution in [3.63, 3.8) is 0 Å². The number of hydrogen-bond donors (Lipinski definition) is 0. The molecule has 2 fully saturated rings. The predicted octanol–water partition coefficient (Wildman–Crippen LogP) is 2.78. The second kappa shape index (κ2) is 5.18. The Hall–Kier alpha value is -1.26. The van der Waals surface area contributed by atoms with Gasteiger partial charge in [0.1, 0.15) is 12.7 Å². The molecule has 0 spiro atoms. The molecule has 0 radical (unpaired) electrons. The molecule has 1 aliphatic carbocycles. The number of rotatable bonds is 3. The van der Waals surface area contributed by atoms with Crippen LogP contribution in [-0.4, -0.2) is 24.9 Å². The van der Waals surface area contributed by atoms with Crippen LogP contribution in [0.5, 0.6) is 0 Å². The molecular formula is C10H15N3O3. The number of hydrogen-bond acceptors (Lipinski definition) is 3. The van der Waals surface area contributed by atoms with E-state index < -0.39 is 6.09 Å². The number of epoxide rings is 1. The topological polar surface area (TPSA) is 87.6 Å². The van der Waals surface area contributed by atoms with E-state index in [1.807, 2.05) is 0 Å². The summed E-state index contributed by atoms with van der Waals surface area (Å²) in [5, 5.41) is 2.83. The van der Waals surface area contributed by atoms with E-state index in [0.29, 0.717) is 5.92 Å². The number of ether oxygens (including phenoxy) is 2. The highest BCUT2D eigenvalue weighted by Gasteiger charge is 2.45. The van der Waals surface area contributed by atoms with Gasteiger partial charge in [-0.1, -0.05) is 19.3 Å². The summed E-state index contributed by atoms with van der Waals surface area (Å²) in [5.41, 5.74) is 8.00. The van der Waals surface area contributed by atoms with Crippen LogP contribution < -0.4 is 0 Å². The summed E-state index contributed by atoms with van der Waals surface area (Å²) in [7, 11) is 0. The third kappa shape index (κ3) is 2.87. The third-order valence-corrected chi connectivity index (χ3v) is 3.23. The molecule has 0 bridgehead atoms. The average molecular weight is 225 g/mol. The van der Waals surface area contributed by atoms with Crippen molar-refractivity contribution in [1.29, 1.82) is 0 Å². The SMILES string of the molecule is [N-]=[N+]=NC(=O)OCC1OC1C1CCCCC1. The van der Waals surface area contributed by atoms with Gasteiger partial charge in [-0.3, -0.25) is 0 Å². The van der Waals surface area contributed by atoms with Crippen LogP contribution in [0.4, 0.5) is 4.79 Å². The molecule has 1 heterocycles. The summed E-state index contributed by atoms with van der Waals surface area (Å²) in [6, 6.07) is 0. The molecular weight excluding hydrogens is 210 g/mol. The van der Waals surface area contributed by atoms with E-state index in [1.54, 1.807) is 0 Å². The fourth-order valence-corrected chi connectivity index (χ4v) is 2.39. The maximum absolute atomic E-state index is 10.8. The first-order chi connectivity index (χ1) is 7.81. The molecule has 2 rings (SSSR count). The van der Waals surface area contributed by atoms with Crippen molar-refractivity contribution in [3.05, 3.63) is 10.4 Å². The molecule has 2 unspecified atom stereocenters. The zero-order chi connectivity index (χ0) is 11.4. The summed E-state index contributed by atoms with van der Waals surface area (Å²) in [4.78, 5) is 13.1. The van der Waals surface area contributed by atoms with Gasteiger partial charge in [0, 0.05) is 10.0 Å². The Kier molecular flexibility index (Phi) is 3.64. The summed E-state index contributed by atoms with van der Waals surface area (Å²) in [6.07, 6.45) is 5.68. The summed E-state index contributed by atoms with van der Waals surface area (Å²) < 4.78 is 10.2. The molecule has 0 aromatic rings. The van der Waals surface area contributed by atoms with Gasteiger partial charge in [-0.2, -0.15) is 0 Å². The minimum Gasteiger partial charge on any atom is -0.458 e. The lowest BCUT2D eigenvalue weighted by Gasteiger charge is -2.19. The van der Waals surface area contributed by atoms with E-state index in [9.17, 15) is 4.79 Å². The molecule has 1 aliphatic heterocycles. The van der Waals surface area contributed by atoms with Gasteiger partial charge in [0.2, 0.25) is 0 Å². The first-order valence-electron chi connectivity index (χ1n) is 5.68. The maximum Gasteiger partial charge on any atom is 0.396 e. The van der Waals surface area contributed by atoms with Crippen LogP contribution in [0.1, 0.15) is 32.1 Å². The second-order valence-electron chi connectivity index (χ2n) is 4.30. The van der Waals surface area contributed by atoms with Crippen LogP contribution in [0.2, 0.25) is 0 Å². The average Bonchev–Trinajstić information content (AvgIpc) is 3.07. The third-order valence-electron chi connectivity index (χ3n) is 3.23. The standard InChI is InChI=1S/C10H15N3O3/c11-13-12-10(14)15-6-8-9(16-8)7-4-2-1-3-5-7/h7-9H,1-6H2. The van der Waals surface area contributed by atoms with Crippen molar-refractivity contribution in [3.8, 4) is 0 Å². The van der Waals surface area contributed by atoms with Gasteiger partial charge in [-0.15, -0.1) is 0 Å². The molecule has 1 saturated carbocycles. The predicted molar refractivity (Wildman–Crippen MR) is 55.7 cm³/mol. The number of azide groups is 1. The minimum atomic E-state index is -0.875. The molecule has 2 aliphatic rings. The summed E-state index contributed by atoms with van der Waals surface area (Å²) in [5.74, 6) is 0.622. The van der Waals surface area contributed by atoms with Crippen molar-refractivity contribution in [2.45, 2.75) is 44.3 Å². The highest BCUT2D eigenvalue weighted by Crippen LogP contribution is 2.38. The van der Waals surface area contributed by atoms with Gasteiger partial charge in [-0.25, -0.2) is 4.79 Å². The fraction of sp³-hybridized carbons (Fsp3) is 0.900. The Morgan fingerprint density at radius 2 is 2.19 bits per heavy atom. The van der Waals surface area contributed by atoms with E-state index in [4.69, 9.17) is 15.0 Å². The monoisotopic (exact) mass is 225 g/mol. The minimum absolute atomic E-state index is 0.0148. The van der Waals surface area contributed by atoms with Crippen molar-refractivity contribution >= 4 is 6.09 Å². The number of carbonyl (C=O) groups excluding carboxylic acids is 1. The van der Waals surface area contributed by atoms with E-state index in [-0.39, 0.29) is 18.8 Å². The lowest BCUT2D eigenvalue weighted by molar-refractivity contribution is 0.146. The smallest absolute Gasteiger partial charge is 0.396 e. The normalized spacial score (nSPS) is 29.2. The highest BCUT2D eigenvalue weighted by molar-refractivity contribution is 5.67. The van der Waals surface area contributed by atoms with E-state index in [0.717, 1.165) is 0 Å².